The van der Waals surface area contributed by atoms with Crippen LogP contribution in [0, 0.1) is 0 Å². The molecule has 1 N–H and O–H groups in total. The summed E-state index contributed by atoms with van der Waals surface area (Å²) < 4.78 is 5.52. The normalized spacial score (nSPS) is 16.3. The molecule has 0 saturated heterocycles. The molecular formula is C23H23NO3. The Bertz CT molecular complexity index is 1030. The van der Waals surface area contributed by atoms with Crippen molar-refractivity contribution in [3.8, 4) is 0 Å². The van der Waals surface area contributed by atoms with Gasteiger partial charge in [0.25, 0.3) is 0 Å². The molecule has 138 valence electrons. The number of benzene rings is 2. The Kier molecular flexibility index (Phi) is 4.92. The molecule has 0 saturated carbocycles. The van der Waals surface area contributed by atoms with E-state index < -0.39 is 11.7 Å². The number of hydrogen-bond acceptors (Lipinski definition) is 4. The summed E-state index contributed by atoms with van der Waals surface area (Å²) >= 11 is 0. The smallest absolute Gasteiger partial charge is 0.343 e. The fraction of sp³-hybridized carbons (Fsp3) is 0.261. The van der Waals surface area contributed by atoms with Crippen LogP contribution < -0.4 is 5.63 Å². The SMILES string of the molecule is CC(O)c1oc(=O)c2ccccc2c1C1=CCCN(Cc2ccccc2)C1. The molecule has 1 aliphatic rings. The Morgan fingerprint density at radius 3 is 2.52 bits per heavy atom. The van der Waals surface area contributed by atoms with Crippen molar-refractivity contribution in [2.45, 2.75) is 26.0 Å². The van der Waals surface area contributed by atoms with Crippen LogP contribution in [0.3, 0.4) is 0 Å². The Labute approximate surface area is 158 Å². The maximum absolute atomic E-state index is 12.3. The van der Waals surface area contributed by atoms with Crippen molar-refractivity contribution in [2.75, 3.05) is 13.1 Å². The molecule has 0 amide bonds. The molecule has 0 spiro atoms. The fourth-order valence-electron chi connectivity index (χ4n) is 3.81. The largest absolute Gasteiger partial charge is 0.424 e. The van der Waals surface area contributed by atoms with Crippen molar-refractivity contribution in [3.63, 3.8) is 0 Å². The van der Waals surface area contributed by atoms with Gasteiger partial charge < -0.3 is 9.52 Å². The number of nitrogens with zero attached hydrogens (tertiary/aromatic N) is 1. The second kappa shape index (κ2) is 7.51. The highest BCUT2D eigenvalue weighted by Crippen LogP contribution is 2.33. The van der Waals surface area contributed by atoms with Gasteiger partial charge in [-0.25, -0.2) is 4.79 Å². The highest BCUT2D eigenvalue weighted by Gasteiger charge is 2.23. The van der Waals surface area contributed by atoms with Gasteiger partial charge in [-0.3, -0.25) is 4.90 Å². The van der Waals surface area contributed by atoms with Crippen LogP contribution in [0.5, 0.6) is 0 Å². The van der Waals surface area contributed by atoms with E-state index in [0.717, 1.165) is 42.6 Å². The molecule has 1 atom stereocenters. The van der Waals surface area contributed by atoms with Gasteiger partial charge in [0.15, 0.2) is 0 Å². The molecule has 4 rings (SSSR count). The fourth-order valence-corrected chi connectivity index (χ4v) is 3.81. The first-order valence-corrected chi connectivity index (χ1v) is 9.33. The zero-order valence-corrected chi connectivity index (χ0v) is 15.4. The van der Waals surface area contributed by atoms with Crippen molar-refractivity contribution < 1.29 is 9.52 Å². The van der Waals surface area contributed by atoms with Crippen LogP contribution in [0.25, 0.3) is 16.3 Å². The Balaban J connectivity index is 1.75. The maximum Gasteiger partial charge on any atom is 0.343 e. The zero-order chi connectivity index (χ0) is 18.8. The summed E-state index contributed by atoms with van der Waals surface area (Å²) in [4.78, 5) is 14.7. The lowest BCUT2D eigenvalue weighted by Crippen LogP contribution is -2.29. The predicted molar refractivity (Wildman–Crippen MR) is 107 cm³/mol. The van der Waals surface area contributed by atoms with Gasteiger partial charge in [-0.1, -0.05) is 54.6 Å². The predicted octanol–water partition coefficient (Wildman–Crippen LogP) is 4.14. The van der Waals surface area contributed by atoms with Crippen molar-refractivity contribution in [2.24, 2.45) is 0 Å². The van der Waals surface area contributed by atoms with Gasteiger partial charge in [-0.05, 0) is 35.9 Å². The van der Waals surface area contributed by atoms with Crippen molar-refractivity contribution >= 4 is 16.3 Å². The van der Waals surface area contributed by atoms with E-state index in [-0.39, 0.29) is 0 Å². The number of hydrogen-bond donors (Lipinski definition) is 1. The first kappa shape index (κ1) is 17.7. The number of aliphatic hydroxyl groups is 1. The van der Waals surface area contributed by atoms with Gasteiger partial charge in [0, 0.05) is 25.2 Å². The second-order valence-corrected chi connectivity index (χ2v) is 7.06. The van der Waals surface area contributed by atoms with E-state index in [1.807, 2.05) is 24.3 Å². The number of rotatable bonds is 4. The van der Waals surface area contributed by atoms with E-state index in [4.69, 9.17) is 4.42 Å². The Morgan fingerprint density at radius 2 is 1.78 bits per heavy atom. The summed E-state index contributed by atoms with van der Waals surface area (Å²) in [5.41, 5.74) is 2.84. The van der Waals surface area contributed by atoms with E-state index in [9.17, 15) is 9.90 Å². The molecule has 27 heavy (non-hydrogen) atoms. The molecule has 4 heteroatoms. The third-order valence-electron chi connectivity index (χ3n) is 5.04. The van der Waals surface area contributed by atoms with Crippen LogP contribution in [0.15, 0.2) is 69.9 Å². The average molecular weight is 361 g/mol. The minimum atomic E-state index is -0.845. The van der Waals surface area contributed by atoms with Crippen LogP contribution >= 0.6 is 0 Å². The summed E-state index contributed by atoms with van der Waals surface area (Å²) in [6.07, 6.45) is 2.28. The highest BCUT2D eigenvalue weighted by atomic mass is 16.4. The highest BCUT2D eigenvalue weighted by molar-refractivity contribution is 5.94. The van der Waals surface area contributed by atoms with E-state index >= 15 is 0 Å². The summed E-state index contributed by atoms with van der Waals surface area (Å²) in [7, 11) is 0. The first-order chi connectivity index (χ1) is 13.1. The molecule has 1 aromatic heterocycles. The number of fused-ring (bicyclic) bond motifs is 1. The van der Waals surface area contributed by atoms with Gasteiger partial charge in [-0.2, -0.15) is 0 Å². The van der Waals surface area contributed by atoms with Gasteiger partial charge in [0.1, 0.15) is 11.9 Å². The summed E-state index contributed by atoms with van der Waals surface area (Å²) in [5.74, 6) is 0.353. The van der Waals surface area contributed by atoms with Crippen LogP contribution in [0.2, 0.25) is 0 Å². The number of aliphatic hydroxyl groups excluding tert-OH is 1. The van der Waals surface area contributed by atoms with Gasteiger partial charge in [-0.15, -0.1) is 0 Å². The maximum atomic E-state index is 12.3. The third kappa shape index (κ3) is 3.59. The quantitative estimate of drug-likeness (QED) is 0.759. The van der Waals surface area contributed by atoms with Crippen molar-refractivity contribution in [1.29, 1.82) is 0 Å². The monoisotopic (exact) mass is 361 g/mol. The molecule has 3 aromatic rings. The Morgan fingerprint density at radius 1 is 1.07 bits per heavy atom. The van der Waals surface area contributed by atoms with Crippen molar-refractivity contribution in [1.82, 2.24) is 4.90 Å². The summed E-state index contributed by atoms with van der Waals surface area (Å²) in [6, 6.07) is 17.9. The van der Waals surface area contributed by atoms with Crippen LogP contribution in [-0.4, -0.2) is 23.1 Å². The molecule has 0 radical (unpaired) electrons. The third-order valence-corrected chi connectivity index (χ3v) is 5.04. The second-order valence-electron chi connectivity index (χ2n) is 7.06. The summed E-state index contributed by atoms with van der Waals surface area (Å²) in [5, 5.41) is 11.6. The van der Waals surface area contributed by atoms with Crippen LogP contribution in [0.4, 0.5) is 0 Å². The molecule has 2 heterocycles. The minimum Gasteiger partial charge on any atom is -0.424 e. The molecule has 0 bridgehead atoms. The van der Waals surface area contributed by atoms with E-state index in [0.29, 0.717) is 11.1 Å². The lowest BCUT2D eigenvalue weighted by Gasteiger charge is -2.28. The van der Waals surface area contributed by atoms with E-state index in [1.165, 1.54) is 5.56 Å². The van der Waals surface area contributed by atoms with Crippen LogP contribution in [-0.2, 0) is 6.54 Å². The van der Waals surface area contributed by atoms with E-state index in [2.05, 4.69) is 35.2 Å². The molecule has 1 aliphatic heterocycles. The standard InChI is InChI=1S/C23H23NO3/c1-16(25)22-21(19-11-5-6-12-20(19)23(26)27-22)18-10-7-13-24(15-18)14-17-8-3-2-4-9-17/h2-6,8-12,16,25H,7,13-15H2,1H3. The van der Waals surface area contributed by atoms with Gasteiger partial charge >= 0.3 is 5.63 Å². The molecule has 4 nitrogen and oxygen atoms in total. The topological polar surface area (TPSA) is 53.7 Å². The Hall–Kier alpha value is -2.69. The molecule has 2 aromatic carbocycles. The first-order valence-electron chi connectivity index (χ1n) is 9.33. The molecule has 0 aliphatic carbocycles. The van der Waals surface area contributed by atoms with Gasteiger partial charge in [0.2, 0.25) is 0 Å². The van der Waals surface area contributed by atoms with Crippen LogP contribution in [0.1, 0.15) is 36.3 Å². The molecule has 1 unspecified atom stereocenters. The van der Waals surface area contributed by atoms with Gasteiger partial charge in [0.05, 0.1) is 5.39 Å². The van der Waals surface area contributed by atoms with E-state index in [1.54, 1.807) is 13.0 Å². The molecule has 0 fully saturated rings. The minimum absolute atomic E-state index is 0.353. The zero-order valence-electron chi connectivity index (χ0n) is 15.4. The summed E-state index contributed by atoms with van der Waals surface area (Å²) in [6.45, 7) is 4.25. The molecular weight excluding hydrogens is 338 g/mol. The average Bonchev–Trinajstić information content (AvgIpc) is 2.69. The van der Waals surface area contributed by atoms with Crippen molar-refractivity contribution in [3.05, 3.63) is 88.0 Å². The lowest BCUT2D eigenvalue weighted by atomic mass is 9.93. The lowest BCUT2D eigenvalue weighted by molar-refractivity contribution is 0.164.